The lowest BCUT2D eigenvalue weighted by atomic mass is 10.0. The molecule has 9 nitrogen and oxygen atoms in total. The smallest absolute Gasteiger partial charge is 0.361 e. The highest BCUT2D eigenvalue weighted by Gasteiger charge is 2.25. The van der Waals surface area contributed by atoms with E-state index in [0.29, 0.717) is 23.9 Å². The molecule has 0 fully saturated rings. The number of aliphatic carboxylic acids is 1. The molecule has 0 aromatic rings. The summed E-state index contributed by atoms with van der Waals surface area (Å²) in [4.78, 5) is 37.8. The van der Waals surface area contributed by atoms with Crippen molar-refractivity contribution in [3.63, 3.8) is 0 Å². The lowest BCUT2D eigenvalue weighted by Gasteiger charge is -2.25. The van der Waals surface area contributed by atoms with Crippen molar-refractivity contribution in [2.45, 2.75) is 334 Å². The third-order valence-electron chi connectivity index (χ3n) is 17.0. The third-order valence-corrected chi connectivity index (χ3v) is 17.0. The molecule has 0 aliphatic heterocycles. The van der Waals surface area contributed by atoms with Crippen LogP contribution in [0.5, 0.6) is 0 Å². The molecule has 562 valence electrons. The molecule has 0 saturated heterocycles. The van der Waals surface area contributed by atoms with Crippen LogP contribution in [-0.2, 0) is 33.3 Å². The van der Waals surface area contributed by atoms with Crippen molar-refractivity contribution in [3.05, 3.63) is 170 Å². The van der Waals surface area contributed by atoms with Gasteiger partial charge in [0.05, 0.1) is 34.4 Å². The van der Waals surface area contributed by atoms with Crippen molar-refractivity contribution >= 4 is 17.9 Å². The van der Waals surface area contributed by atoms with Gasteiger partial charge in [0, 0.05) is 12.8 Å². The first-order valence-corrected chi connectivity index (χ1v) is 40.3. The van der Waals surface area contributed by atoms with Crippen molar-refractivity contribution in [2.75, 3.05) is 47.5 Å². The zero-order chi connectivity index (χ0) is 71.8. The van der Waals surface area contributed by atoms with Gasteiger partial charge < -0.3 is 28.5 Å². The van der Waals surface area contributed by atoms with Crippen molar-refractivity contribution in [2.24, 2.45) is 0 Å². The van der Waals surface area contributed by atoms with E-state index >= 15 is 0 Å². The van der Waals surface area contributed by atoms with Crippen LogP contribution in [0.25, 0.3) is 0 Å². The van der Waals surface area contributed by atoms with Crippen LogP contribution in [0, 0.1) is 0 Å². The predicted molar refractivity (Wildman–Crippen MR) is 428 cm³/mol. The summed E-state index contributed by atoms with van der Waals surface area (Å²) in [5.41, 5.74) is 0. The molecule has 9 heteroatoms. The van der Waals surface area contributed by atoms with Crippen molar-refractivity contribution < 1.29 is 42.9 Å². The summed E-state index contributed by atoms with van der Waals surface area (Å²) >= 11 is 0. The molecule has 0 spiro atoms. The van der Waals surface area contributed by atoms with E-state index in [4.69, 9.17) is 18.9 Å². The van der Waals surface area contributed by atoms with Gasteiger partial charge in [0.15, 0.2) is 6.10 Å². The lowest BCUT2D eigenvalue weighted by Crippen LogP contribution is -2.40. The first kappa shape index (κ1) is 93.6. The number of carboxylic acids is 1. The molecule has 2 atom stereocenters. The van der Waals surface area contributed by atoms with Gasteiger partial charge in [-0.1, -0.05) is 351 Å². The molecule has 0 heterocycles. The number of hydrogen-bond acceptors (Lipinski definition) is 7. The fourth-order valence-electron chi connectivity index (χ4n) is 10.9. The standard InChI is InChI=1S/C90H149NO8/c1-6-8-10-12-14-16-18-20-22-24-26-28-30-32-34-36-38-40-41-42-43-44-45-46-47-49-51-53-55-57-59-61-63-65-67-69-71-73-75-77-79-81-88(93)99-86(85-98-90(89(94)95)96-83-82-91(3,4)5)84-97-87(92)80-78-76-74-72-70-68-66-64-62-60-58-56-54-52-50-48-39-37-35-33-31-29-27-25-23-21-19-17-15-13-11-9-7-2/h8-11,14-17,20-23,26-29,32,34,38,40,42-43,45-46,49,51,55,57,86,90H,6-7,12-13,18-19,24-25,30-31,33,35-37,39,41,44,47-48,50,52-54,56,58-85H2,1-5H3/p+1/b10-8-,11-9-,16-14-,17-15-,22-20-,23-21-,28-26-,29-27-,34-32-,40-38-,43-42-,46-45-,51-49-,57-55-. The highest BCUT2D eigenvalue weighted by atomic mass is 16.7. The molecule has 0 saturated carbocycles. The molecule has 0 aromatic carbocycles. The molecule has 1 N–H and O–H groups in total. The fourth-order valence-corrected chi connectivity index (χ4v) is 10.9. The predicted octanol–water partition coefficient (Wildman–Crippen LogP) is 26.1. The normalized spacial score (nSPS) is 13.6. The Kier molecular flexibility index (Phi) is 74.1. The maximum absolute atomic E-state index is 13.0. The quantitative estimate of drug-likeness (QED) is 0.0211. The molecule has 0 amide bonds. The van der Waals surface area contributed by atoms with E-state index < -0.39 is 24.3 Å². The van der Waals surface area contributed by atoms with Crippen LogP contribution in [0.15, 0.2) is 170 Å². The Morgan fingerprint density at radius 3 is 0.808 bits per heavy atom. The van der Waals surface area contributed by atoms with E-state index in [1.54, 1.807) is 0 Å². The second-order valence-corrected chi connectivity index (χ2v) is 27.6. The molecule has 0 aliphatic carbocycles. The van der Waals surface area contributed by atoms with E-state index in [9.17, 15) is 19.5 Å². The fraction of sp³-hybridized carbons (Fsp3) is 0.656. The Balaban J connectivity index is 4.08. The Bertz CT molecular complexity index is 2240. The molecule has 0 radical (unpaired) electrons. The molecule has 99 heavy (non-hydrogen) atoms. The number of nitrogens with zero attached hydrogens (tertiary/aromatic N) is 1. The minimum Gasteiger partial charge on any atom is -0.477 e. The summed E-state index contributed by atoms with van der Waals surface area (Å²) in [6.07, 6.45) is 115. The van der Waals surface area contributed by atoms with E-state index in [1.165, 1.54) is 154 Å². The maximum Gasteiger partial charge on any atom is 0.361 e. The highest BCUT2D eigenvalue weighted by Crippen LogP contribution is 2.18. The minimum absolute atomic E-state index is 0.181. The maximum atomic E-state index is 13.0. The van der Waals surface area contributed by atoms with Gasteiger partial charge in [0.1, 0.15) is 13.2 Å². The number of carbonyl (C=O) groups excluding carboxylic acids is 2. The highest BCUT2D eigenvalue weighted by molar-refractivity contribution is 5.71. The van der Waals surface area contributed by atoms with E-state index in [1.807, 2.05) is 21.1 Å². The molecular weight excluding hydrogens is 1220 g/mol. The van der Waals surface area contributed by atoms with E-state index in [0.717, 1.165) is 135 Å². The van der Waals surface area contributed by atoms with Crippen LogP contribution in [0.2, 0.25) is 0 Å². The van der Waals surface area contributed by atoms with Crippen LogP contribution in [0.3, 0.4) is 0 Å². The number of likely N-dealkylation sites (N-methyl/N-ethyl adjacent to an activating group) is 1. The number of carboxylic acid groups (broad SMARTS) is 1. The zero-order valence-electron chi connectivity index (χ0n) is 64.3. The second kappa shape index (κ2) is 78.4. The summed E-state index contributed by atoms with van der Waals surface area (Å²) in [6.45, 7) is 4.66. The van der Waals surface area contributed by atoms with Gasteiger partial charge in [-0.15, -0.1) is 0 Å². The Hall–Kier alpha value is -5.35. The SMILES string of the molecule is CC/C=C\C/C=C\C/C=C\C/C=C\C/C=C\C/C=C\C/C=C\C/C=C\C/C=C\C/C=C\CCCCCCCCCCCCC(=O)OC(COC(=O)CCCCCCCCCCCCCCCCCCCCCC/C=C\C/C=C\C/C=C\C/C=C\CC)COC(OCC[N+](C)(C)C)C(=O)O. The summed E-state index contributed by atoms with van der Waals surface area (Å²) in [5, 5.41) is 9.78. The summed E-state index contributed by atoms with van der Waals surface area (Å²) < 4.78 is 23.0. The zero-order valence-corrected chi connectivity index (χ0v) is 64.3. The molecular formula is C90H150NO8+. The van der Waals surface area contributed by atoms with E-state index in [2.05, 4.69) is 184 Å². The van der Waals surface area contributed by atoms with Crippen molar-refractivity contribution in [1.29, 1.82) is 0 Å². The van der Waals surface area contributed by atoms with Gasteiger partial charge >= 0.3 is 17.9 Å². The average Bonchev–Trinajstić information content (AvgIpc) is 2.62. The number of hydrogen-bond donors (Lipinski definition) is 1. The largest absolute Gasteiger partial charge is 0.477 e. The minimum atomic E-state index is -1.52. The van der Waals surface area contributed by atoms with Crippen LogP contribution < -0.4 is 0 Å². The number of carbonyl (C=O) groups is 3. The Morgan fingerprint density at radius 2 is 0.545 bits per heavy atom. The van der Waals surface area contributed by atoms with E-state index in [-0.39, 0.29) is 32.2 Å². The van der Waals surface area contributed by atoms with Crippen molar-refractivity contribution in [1.82, 2.24) is 0 Å². The number of esters is 2. The average molecular weight is 1370 g/mol. The van der Waals surface area contributed by atoms with Gasteiger partial charge in [-0.25, -0.2) is 4.79 Å². The number of allylic oxidation sites excluding steroid dienone is 28. The monoisotopic (exact) mass is 1370 g/mol. The topological polar surface area (TPSA) is 108 Å². The van der Waals surface area contributed by atoms with Crippen LogP contribution in [0.4, 0.5) is 0 Å². The summed E-state index contributed by atoms with van der Waals surface area (Å²) in [6, 6.07) is 0. The van der Waals surface area contributed by atoms with Gasteiger partial charge in [-0.05, 0) is 128 Å². The number of rotatable bonds is 73. The van der Waals surface area contributed by atoms with Crippen LogP contribution in [-0.4, -0.2) is 87.4 Å². The molecule has 0 bridgehead atoms. The van der Waals surface area contributed by atoms with Crippen molar-refractivity contribution in [3.8, 4) is 0 Å². The Morgan fingerprint density at radius 1 is 0.303 bits per heavy atom. The lowest BCUT2D eigenvalue weighted by molar-refractivity contribution is -0.870. The molecule has 0 rings (SSSR count). The molecule has 2 unspecified atom stereocenters. The van der Waals surface area contributed by atoms with Gasteiger partial charge in [-0.3, -0.25) is 9.59 Å². The number of ether oxygens (including phenoxy) is 4. The van der Waals surface area contributed by atoms with Crippen LogP contribution in [0.1, 0.15) is 322 Å². The Labute approximate surface area is 609 Å². The van der Waals surface area contributed by atoms with Crippen LogP contribution >= 0.6 is 0 Å². The molecule has 0 aromatic heterocycles. The van der Waals surface area contributed by atoms with Gasteiger partial charge in [-0.2, -0.15) is 0 Å². The third kappa shape index (κ3) is 79.8. The first-order chi connectivity index (χ1) is 48.6. The van der Waals surface area contributed by atoms with Gasteiger partial charge in [0.25, 0.3) is 6.29 Å². The molecule has 0 aliphatic rings. The van der Waals surface area contributed by atoms with Gasteiger partial charge in [0.2, 0.25) is 0 Å². The second-order valence-electron chi connectivity index (χ2n) is 27.6. The summed E-state index contributed by atoms with van der Waals surface area (Å²) in [5.74, 6) is -2.01. The summed E-state index contributed by atoms with van der Waals surface area (Å²) in [7, 11) is 5.98. The number of quaternary nitrogens is 1. The first-order valence-electron chi connectivity index (χ1n) is 40.3. The number of unbranched alkanes of at least 4 members (excludes halogenated alkanes) is 30.